The van der Waals surface area contributed by atoms with E-state index in [4.69, 9.17) is 0 Å². The normalized spacial score (nSPS) is 17.4. The van der Waals surface area contributed by atoms with Gasteiger partial charge in [-0.25, -0.2) is 4.98 Å². The average molecular weight is 285 g/mol. The number of carbonyl (C=O) groups excluding carboxylic acids is 1. The Morgan fingerprint density at radius 1 is 1.33 bits per heavy atom. The van der Waals surface area contributed by atoms with Crippen LogP contribution in [0.25, 0.3) is 11.0 Å². The van der Waals surface area contributed by atoms with Crippen LogP contribution in [-0.2, 0) is 11.2 Å². The molecule has 1 saturated heterocycles. The summed E-state index contributed by atoms with van der Waals surface area (Å²) in [4.78, 5) is 22.2. The molecule has 0 unspecified atom stereocenters. The molecule has 112 valence electrons. The summed E-state index contributed by atoms with van der Waals surface area (Å²) in [5, 5.41) is 0. The highest BCUT2D eigenvalue weighted by molar-refractivity contribution is 5.83. The lowest BCUT2D eigenvalue weighted by atomic mass is 9.94. The molecular formula is C17H23N3O. The summed E-state index contributed by atoms with van der Waals surface area (Å²) in [7, 11) is 0. The second-order valence-electron chi connectivity index (χ2n) is 6.04. The number of piperidine rings is 1. The molecule has 0 atom stereocenters. The van der Waals surface area contributed by atoms with Crippen LogP contribution in [-0.4, -0.2) is 40.3 Å². The monoisotopic (exact) mass is 285 g/mol. The summed E-state index contributed by atoms with van der Waals surface area (Å²) in [5.74, 6) is 1.89. The Bertz CT molecular complexity index is 578. The number of H-pyrrole nitrogens is 1. The lowest BCUT2D eigenvalue weighted by Crippen LogP contribution is -2.37. The van der Waals surface area contributed by atoms with Gasteiger partial charge in [-0.2, -0.15) is 0 Å². The number of hydrogen-bond acceptors (Lipinski definition) is 3. The van der Waals surface area contributed by atoms with Crippen molar-refractivity contribution in [2.75, 3.05) is 19.6 Å². The van der Waals surface area contributed by atoms with Crippen molar-refractivity contribution < 1.29 is 4.79 Å². The van der Waals surface area contributed by atoms with Crippen LogP contribution < -0.4 is 0 Å². The first-order valence-electron chi connectivity index (χ1n) is 7.92. The topological polar surface area (TPSA) is 49.0 Å². The number of benzene rings is 1. The van der Waals surface area contributed by atoms with E-state index in [1.54, 1.807) is 0 Å². The maximum atomic E-state index is 12.2. The molecule has 1 aromatic carbocycles. The first-order chi connectivity index (χ1) is 10.2. The van der Waals surface area contributed by atoms with Crippen molar-refractivity contribution in [3.63, 3.8) is 0 Å². The van der Waals surface area contributed by atoms with Crippen molar-refractivity contribution in [2.45, 2.75) is 32.6 Å². The number of para-hydroxylation sites is 2. The standard InChI is InChI=1S/C17H23N3O/c1-2-13-7-9-20(10-8-13)12-14(21)11-17-18-15-5-3-4-6-16(15)19-17/h3-6,13H,2,7-12H2,1H3,(H,18,19). The van der Waals surface area contributed by atoms with Crippen LogP contribution in [0.15, 0.2) is 24.3 Å². The second kappa shape index (κ2) is 6.39. The lowest BCUT2D eigenvalue weighted by molar-refractivity contribution is -0.120. The van der Waals surface area contributed by atoms with Crippen LogP contribution in [0.3, 0.4) is 0 Å². The molecule has 4 nitrogen and oxygen atoms in total. The highest BCUT2D eigenvalue weighted by Gasteiger charge is 2.20. The SMILES string of the molecule is CCC1CCN(CC(=O)Cc2nc3ccccc3[nH]2)CC1. The molecule has 0 radical (unpaired) electrons. The van der Waals surface area contributed by atoms with Gasteiger partial charge in [-0.05, 0) is 44.0 Å². The molecule has 1 fully saturated rings. The van der Waals surface area contributed by atoms with Gasteiger partial charge in [0.25, 0.3) is 0 Å². The first kappa shape index (κ1) is 14.3. The summed E-state index contributed by atoms with van der Waals surface area (Å²) in [6.07, 6.45) is 4.13. The molecule has 1 N–H and O–H groups in total. The van der Waals surface area contributed by atoms with Crippen molar-refractivity contribution in [1.29, 1.82) is 0 Å². The summed E-state index contributed by atoms with van der Waals surface area (Å²) in [6, 6.07) is 7.90. The van der Waals surface area contributed by atoms with Gasteiger partial charge in [0.05, 0.1) is 24.0 Å². The highest BCUT2D eigenvalue weighted by atomic mass is 16.1. The van der Waals surface area contributed by atoms with Crippen molar-refractivity contribution in [3.05, 3.63) is 30.1 Å². The maximum absolute atomic E-state index is 12.2. The number of imidazole rings is 1. The minimum Gasteiger partial charge on any atom is -0.342 e. The van der Waals surface area contributed by atoms with E-state index in [0.29, 0.717) is 13.0 Å². The second-order valence-corrected chi connectivity index (χ2v) is 6.04. The molecule has 0 amide bonds. The van der Waals surface area contributed by atoms with Crippen LogP contribution >= 0.6 is 0 Å². The van der Waals surface area contributed by atoms with Gasteiger partial charge in [-0.1, -0.05) is 25.5 Å². The number of ketones is 1. The average Bonchev–Trinajstić information content (AvgIpc) is 2.90. The molecule has 1 aromatic heterocycles. The lowest BCUT2D eigenvalue weighted by Gasteiger charge is -2.30. The van der Waals surface area contributed by atoms with E-state index >= 15 is 0 Å². The minimum atomic E-state index is 0.254. The Kier molecular flexibility index (Phi) is 4.34. The molecule has 0 spiro atoms. The van der Waals surface area contributed by atoms with E-state index in [9.17, 15) is 4.79 Å². The summed E-state index contributed by atoms with van der Waals surface area (Å²) in [6.45, 7) is 4.94. The zero-order valence-electron chi connectivity index (χ0n) is 12.6. The quantitative estimate of drug-likeness (QED) is 0.919. The number of fused-ring (bicyclic) bond motifs is 1. The number of hydrogen-bond donors (Lipinski definition) is 1. The van der Waals surface area contributed by atoms with E-state index in [0.717, 1.165) is 35.9 Å². The van der Waals surface area contributed by atoms with Crippen molar-refractivity contribution in [1.82, 2.24) is 14.9 Å². The first-order valence-corrected chi connectivity index (χ1v) is 7.92. The van der Waals surface area contributed by atoms with Gasteiger partial charge < -0.3 is 4.98 Å². The predicted molar refractivity (Wildman–Crippen MR) is 84.3 cm³/mol. The van der Waals surface area contributed by atoms with Crippen LogP contribution in [0, 0.1) is 5.92 Å². The van der Waals surface area contributed by atoms with Gasteiger partial charge in [0.1, 0.15) is 5.82 Å². The van der Waals surface area contributed by atoms with Gasteiger partial charge in [-0.15, -0.1) is 0 Å². The number of aromatic nitrogens is 2. The summed E-state index contributed by atoms with van der Waals surface area (Å²) in [5.41, 5.74) is 1.94. The van der Waals surface area contributed by atoms with Crippen LogP contribution in [0.4, 0.5) is 0 Å². The van der Waals surface area contributed by atoms with Crippen LogP contribution in [0.5, 0.6) is 0 Å². The zero-order chi connectivity index (χ0) is 14.7. The van der Waals surface area contributed by atoms with Crippen LogP contribution in [0.2, 0.25) is 0 Å². The Balaban J connectivity index is 1.54. The van der Waals surface area contributed by atoms with Gasteiger partial charge in [0, 0.05) is 0 Å². The number of nitrogens with one attached hydrogen (secondary N) is 1. The molecule has 0 saturated carbocycles. The smallest absolute Gasteiger partial charge is 0.154 e. The molecule has 3 rings (SSSR count). The number of nitrogens with zero attached hydrogens (tertiary/aromatic N) is 2. The van der Waals surface area contributed by atoms with E-state index in [1.165, 1.54) is 19.3 Å². The van der Waals surface area contributed by atoms with Gasteiger partial charge in [0.2, 0.25) is 0 Å². The molecule has 21 heavy (non-hydrogen) atoms. The summed E-state index contributed by atoms with van der Waals surface area (Å²) < 4.78 is 0. The number of rotatable bonds is 5. The van der Waals surface area contributed by atoms with Gasteiger partial charge >= 0.3 is 0 Å². The Labute approximate surface area is 125 Å². The molecular weight excluding hydrogens is 262 g/mol. The molecule has 1 aliphatic heterocycles. The Morgan fingerprint density at radius 2 is 2.10 bits per heavy atom. The van der Waals surface area contributed by atoms with E-state index in [2.05, 4.69) is 21.8 Å². The largest absolute Gasteiger partial charge is 0.342 e. The Hall–Kier alpha value is -1.68. The molecule has 2 aromatic rings. The molecule has 0 bridgehead atoms. The number of likely N-dealkylation sites (tertiary alicyclic amines) is 1. The fourth-order valence-electron chi connectivity index (χ4n) is 3.13. The molecule has 2 heterocycles. The van der Waals surface area contributed by atoms with Crippen molar-refractivity contribution in [2.24, 2.45) is 5.92 Å². The molecule has 4 heteroatoms. The Morgan fingerprint density at radius 3 is 2.81 bits per heavy atom. The van der Waals surface area contributed by atoms with Gasteiger partial charge in [0.15, 0.2) is 5.78 Å². The summed E-state index contributed by atoms with van der Waals surface area (Å²) >= 11 is 0. The fraction of sp³-hybridized carbons (Fsp3) is 0.529. The number of Topliss-reactive ketones (excluding diaryl/α,β-unsaturated/α-hetero) is 1. The van der Waals surface area contributed by atoms with Gasteiger partial charge in [-0.3, -0.25) is 9.69 Å². The van der Waals surface area contributed by atoms with Crippen molar-refractivity contribution in [3.8, 4) is 0 Å². The minimum absolute atomic E-state index is 0.254. The highest BCUT2D eigenvalue weighted by Crippen LogP contribution is 2.19. The zero-order valence-corrected chi connectivity index (χ0v) is 12.6. The number of carbonyl (C=O) groups is 1. The molecule has 0 aliphatic carbocycles. The predicted octanol–water partition coefficient (Wildman–Crippen LogP) is 2.80. The molecule has 1 aliphatic rings. The third-order valence-electron chi connectivity index (χ3n) is 4.49. The number of aromatic amines is 1. The van der Waals surface area contributed by atoms with E-state index < -0.39 is 0 Å². The third-order valence-corrected chi connectivity index (χ3v) is 4.49. The van der Waals surface area contributed by atoms with Crippen LogP contribution in [0.1, 0.15) is 32.0 Å². The maximum Gasteiger partial charge on any atom is 0.154 e. The fourth-order valence-corrected chi connectivity index (χ4v) is 3.13. The van der Waals surface area contributed by atoms with E-state index in [-0.39, 0.29) is 5.78 Å². The third kappa shape index (κ3) is 3.50. The van der Waals surface area contributed by atoms with E-state index in [1.807, 2.05) is 24.3 Å². The van der Waals surface area contributed by atoms with Crippen molar-refractivity contribution >= 4 is 16.8 Å².